The molecule has 0 spiro atoms. The molecule has 3 rings (SSSR count). The van der Waals surface area contributed by atoms with Crippen molar-refractivity contribution in [3.63, 3.8) is 0 Å². The van der Waals surface area contributed by atoms with Gasteiger partial charge in [-0.3, -0.25) is 9.59 Å². The van der Waals surface area contributed by atoms with E-state index in [2.05, 4.69) is 0 Å². The van der Waals surface area contributed by atoms with Crippen molar-refractivity contribution < 1.29 is 29.6 Å². The number of allylic oxidation sites excluding steroid dienone is 1. The van der Waals surface area contributed by atoms with Crippen molar-refractivity contribution in [1.29, 1.82) is 0 Å². The van der Waals surface area contributed by atoms with Gasteiger partial charge in [-0.25, -0.2) is 0 Å². The molecule has 1 fully saturated rings. The summed E-state index contributed by atoms with van der Waals surface area (Å²) in [7, 11) is 0. The van der Waals surface area contributed by atoms with Gasteiger partial charge in [-0.1, -0.05) is 12.1 Å². The molecule has 4 atom stereocenters. The molecule has 0 bridgehead atoms. The highest BCUT2D eigenvalue weighted by Gasteiger charge is 2.40. The van der Waals surface area contributed by atoms with Crippen molar-refractivity contribution in [1.82, 2.24) is 0 Å². The molecule has 0 amide bonds. The van der Waals surface area contributed by atoms with Gasteiger partial charge in [0.2, 0.25) is 0 Å². The molecule has 1 saturated heterocycles. The van der Waals surface area contributed by atoms with Crippen molar-refractivity contribution in [2.45, 2.75) is 37.8 Å². The number of benzene rings is 1. The fraction of sp³-hybridized carbons (Fsp3) is 0.375. The summed E-state index contributed by atoms with van der Waals surface area (Å²) in [6.45, 7) is 1.59. The zero-order valence-electron chi connectivity index (χ0n) is 11.9. The number of fused-ring (bicyclic) bond motifs is 1. The molecular weight excluding hydrogens is 288 g/mol. The number of aromatic hydroxyl groups is 1. The summed E-state index contributed by atoms with van der Waals surface area (Å²) in [6, 6.07) is 4.31. The Hall–Kier alpha value is -2.02. The van der Waals surface area contributed by atoms with Crippen LogP contribution in [-0.4, -0.2) is 51.3 Å². The Morgan fingerprint density at radius 1 is 1.23 bits per heavy atom. The lowest BCUT2D eigenvalue weighted by Gasteiger charge is -2.36. The molecule has 2 aliphatic rings. The van der Waals surface area contributed by atoms with Crippen molar-refractivity contribution in [2.75, 3.05) is 0 Å². The second-order valence-electron chi connectivity index (χ2n) is 5.62. The number of carbonyl (C=O) groups is 2. The molecule has 6 heteroatoms. The Morgan fingerprint density at radius 3 is 2.64 bits per heavy atom. The lowest BCUT2D eigenvalue weighted by Crippen LogP contribution is -2.48. The Labute approximate surface area is 126 Å². The lowest BCUT2D eigenvalue weighted by atomic mass is 9.83. The predicted molar refractivity (Wildman–Crippen MR) is 75.8 cm³/mol. The number of Topliss-reactive ketones (excluding diaryl/α,β-unsaturated/α-hetero) is 1. The molecule has 1 aliphatic heterocycles. The maximum absolute atomic E-state index is 12.6. The van der Waals surface area contributed by atoms with Crippen LogP contribution in [0.5, 0.6) is 5.75 Å². The fourth-order valence-electron chi connectivity index (χ4n) is 2.93. The number of aliphatic hydroxyl groups is 2. The van der Waals surface area contributed by atoms with Crippen molar-refractivity contribution in [3.05, 3.63) is 41.0 Å². The number of hydrogen-bond donors (Lipinski definition) is 3. The Bertz CT molecular complexity index is 665. The van der Waals surface area contributed by atoms with Gasteiger partial charge < -0.3 is 20.1 Å². The van der Waals surface area contributed by atoms with Crippen LogP contribution in [0.2, 0.25) is 0 Å². The molecule has 0 aromatic heterocycles. The fourth-order valence-corrected chi connectivity index (χ4v) is 2.93. The maximum Gasteiger partial charge on any atom is 0.192 e. The van der Waals surface area contributed by atoms with E-state index in [0.29, 0.717) is 0 Å². The standard InChI is InChI=1S/C16H16O6/c1-7-15(20)12(19)6-13(22-7)9-5-11(18)14-8(16(9)21)3-2-4-10(14)17/h2-5,7,12-13,15,17,19-20H,6H2,1H3/t7-,12-,13-,15-/m1/s1. The predicted octanol–water partition coefficient (Wildman–Crippen LogP) is 0.597. The molecule has 1 aromatic rings. The van der Waals surface area contributed by atoms with Crippen LogP contribution in [0.25, 0.3) is 0 Å². The lowest BCUT2D eigenvalue weighted by molar-refractivity contribution is -0.150. The highest BCUT2D eigenvalue weighted by Crippen LogP contribution is 2.33. The summed E-state index contributed by atoms with van der Waals surface area (Å²) < 4.78 is 5.56. The van der Waals surface area contributed by atoms with E-state index in [1.165, 1.54) is 18.2 Å². The van der Waals surface area contributed by atoms with Gasteiger partial charge in [0.1, 0.15) is 11.9 Å². The average molecular weight is 304 g/mol. The summed E-state index contributed by atoms with van der Waals surface area (Å²) in [6.07, 6.45) is -2.29. The summed E-state index contributed by atoms with van der Waals surface area (Å²) in [5.41, 5.74) is 0.251. The topological polar surface area (TPSA) is 104 Å². The molecule has 116 valence electrons. The Kier molecular flexibility index (Phi) is 3.60. The third-order valence-corrected chi connectivity index (χ3v) is 4.14. The Balaban J connectivity index is 1.97. The summed E-state index contributed by atoms with van der Waals surface area (Å²) in [5.74, 6) is -1.12. The van der Waals surface area contributed by atoms with E-state index < -0.39 is 36.0 Å². The van der Waals surface area contributed by atoms with Crippen LogP contribution < -0.4 is 0 Å². The highest BCUT2D eigenvalue weighted by atomic mass is 16.5. The quantitative estimate of drug-likeness (QED) is 0.702. The average Bonchev–Trinajstić information content (AvgIpc) is 2.47. The van der Waals surface area contributed by atoms with Crippen molar-refractivity contribution >= 4 is 11.6 Å². The number of hydrogen-bond acceptors (Lipinski definition) is 6. The van der Waals surface area contributed by atoms with Crippen LogP contribution in [0.1, 0.15) is 34.1 Å². The maximum atomic E-state index is 12.6. The molecule has 1 aliphatic carbocycles. The van der Waals surface area contributed by atoms with Gasteiger partial charge in [0, 0.05) is 17.6 Å². The van der Waals surface area contributed by atoms with Gasteiger partial charge >= 0.3 is 0 Å². The molecule has 22 heavy (non-hydrogen) atoms. The number of rotatable bonds is 1. The first-order valence-electron chi connectivity index (χ1n) is 7.04. The van der Waals surface area contributed by atoms with Gasteiger partial charge in [-0.05, 0) is 19.1 Å². The molecule has 0 unspecified atom stereocenters. The Morgan fingerprint density at radius 2 is 1.95 bits per heavy atom. The van der Waals surface area contributed by atoms with Crippen molar-refractivity contribution in [2.24, 2.45) is 0 Å². The minimum atomic E-state index is -1.03. The van der Waals surface area contributed by atoms with E-state index in [-0.39, 0.29) is 28.9 Å². The monoisotopic (exact) mass is 304 g/mol. The highest BCUT2D eigenvalue weighted by molar-refractivity contribution is 6.25. The number of aliphatic hydroxyl groups excluding tert-OH is 2. The number of carbonyl (C=O) groups excluding carboxylic acids is 2. The van der Waals surface area contributed by atoms with E-state index >= 15 is 0 Å². The summed E-state index contributed by atoms with van der Waals surface area (Å²) in [4.78, 5) is 24.7. The van der Waals surface area contributed by atoms with E-state index in [9.17, 15) is 24.9 Å². The third-order valence-electron chi connectivity index (χ3n) is 4.14. The largest absolute Gasteiger partial charge is 0.507 e. The molecule has 0 saturated carbocycles. The second kappa shape index (κ2) is 5.31. The summed E-state index contributed by atoms with van der Waals surface area (Å²) in [5, 5.41) is 29.3. The smallest absolute Gasteiger partial charge is 0.192 e. The van der Waals surface area contributed by atoms with E-state index in [4.69, 9.17) is 4.74 Å². The molecule has 1 heterocycles. The zero-order valence-corrected chi connectivity index (χ0v) is 11.9. The van der Waals surface area contributed by atoms with Crippen LogP contribution >= 0.6 is 0 Å². The van der Waals surface area contributed by atoms with Crippen LogP contribution in [0.15, 0.2) is 29.8 Å². The van der Waals surface area contributed by atoms with Gasteiger partial charge in [0.25, 0.3) is 0 Å². The normalized spacial score (nSPS) is 31.7. The first-order valence-corrected chi connectivity index (χ1v) is 7.04. The third kappa shape index (κ3) is 2.25. The SMILES string of the molecule is C[C@H]1O[C@@H](C2=CC(=O)c3c(O)cccc3C2=O)C[C@@H](O)[C@@H]1O. The van der Waals surface area contributed by atoms with Gasteiger partial charge in [0.15, 0.2) is 11.6 Å². The van der Waals surface area contributed by atoms with Gasteiger partial charge in [-0.15, -0.1) is 0 Å². The second-order valence-corrected chi connectivity index (χ2v) is 5.62. The first kappa shape index (κ1) is 14.9. The van der Waals surface area contributed by atoms with Gasteiger partial charge in [-0.2, -0.15) is 0 Å². The molecule has 3 N–H and O–H groups in total. The van der Waals surface area contributed by atoms with E-state index in [1.807, 2.05) is 0 Å². The van der Waals surface area contributed by atoms with Crippen LogP contribution in [-0.2, 0) is 4.74 Å². The van der Waals surface area contributed by atoms with E-state index in [0.717, 1.165) is 6.08 Å². The first-order chi connectivity index (χ1) is 10.4. The zero-order chi connectivity index (χ0) is 16.0. The van der Waals surface area contributed by atoms with Crippen molar-refractivity contribution in [3.8, 4) is 5.75 Å². The summed E-state index contributed by atoms with van der Waals surface area (Å²) >= 11 is 0. The molecule has 1 aromatic carbocycles. The van der Waals surface area contributed by atoms with E-state index in [1.54, 1.807) is 6.92 Å². The molecular formula is C16H16O6. The number of ketones is 2. The minimum absolute atomic E-state index is 0.0132. The van der Waals surface area contributed by atoms with Crippen LogP contribution in [0.4, 0.5) is 0 Å². The van der Waals surface area contributed by atoms with Crippen LogP contribution in [0.3, 0.4) is 0 Å². The minimum Gasteiger partial charge on any atom is -0.507 e. The number of phenolic OH excluding ortho intramolecular Hbond substituents is 1. The van der Waals surface area contributed by atoms with Gasteiger partial charge in [0.05, 0.1) is 23.9 Å². The molecule has 0 radical (unpaired) electrons. The van der Waals surface area contributed by atoms with Crippen LogP contribution in [0, 0.1) is 0 Å². The molecule has 6 nitrogen and oxygen atoms in total. The number of phenols is 1. The number of ether oxygens (including phenoxy) is 1.